The molecule has 3 rings (SSSR count). The Labute approximate surface area is 153 Å². The number of urea groups is 1. The average molecular weight is 360 g/mol. The van der Waals surface area contributed by atoms with Crippen LogP contribution in [0.15, 0.2) is 18.2 Å². The van der Waals surface area contributed by atoms with Crippen LogP contribution in [0.2, 0.25) is 0 Å². The van der Waals surface area contributed by atoms with Gasteiger partial charge in [-0.3, -0.25) is 0 Å². The summed E-state index contributed by atoms with van der Waals surface area (Å²) in [5.41, 5.74) is 0.796. The number of anilines is 1. The molecule has 0 aliphatic carbocycles. The monoisotopic (exact) mass is 360 g/mol. The number of ether oxygens (including phenoxy) is 1. The van der Waals surface area contributed by atoms with E-state index in [4.69, 9.17) is 10.00 Å². The number of carbonyl (C=O) groups excluding carboxylic acids is 1. The van der Waals surface area contributed by atoms with Crippen LogP contribution in [-0.2, 0) is 4.74 Å². The molecular formula is C19H25FN4O2. The molecular weight excluding hydrogens is 335 g/mol. The lowest BCUT2D eigenvalue weighted by molar-refractivity contribution is 0.0118. The normalized spacial score (nSPS) is 20.5. The lowest BCUT2D eigenvalue weighted by Crippen LogP contribution is -2.52. The van der Waals surface area contributed by atoms with E-state index < -0.39 is 5.82 Å². The summed E-state index contributed by atoms with van der Waals surface area (Å²) in [6.07, 6.45) is 4.52. The number of hydrogen-bond acceptors (Lipinski definition) is 4. The van der Waals surface area contributed by atoms with Gasteiger partial charge < -0.3 is 19.9 Å². The summed E-state index contributed by atoms with van der Waals surface area (Å²) >= 11 is 0. The van der Waals surface area contributed by atoms with Gasteiger partial charge in [0.1, 0.15) is 5.82 Å². The van der Waals surface area contributed by atoms with Crippen LogP contribution in [0.1, 0.15) is 31.2 Å². The number of halogens is 1. The molecule has 140 valence electrons. The minimum atomic E-state index is -0.394. The van der Waals surface area contributed by atoms with Crippen LogP contribution in [0, 0.1) is 17.1 Å². The molecule has 0 saturated carbocycles. The molecule has 1 N–H and O–H groups in total. The van der Waals surface area contributed by atoms with Crippen molar-refractivity contribution in [2.24, 2.45) is 0 Å². The average Bonchev–Trinajstić information content (AvgIpc) is 2.69. The maximum absolute atomic E-state index is 14.1. The first-order valence-electron chi connectivity index (χ1n) is 9.26. The number of rotatable bonds is 4. The Hall–Kier alpha value is -2.33. The van der Waals surface area contributed by atoms with Crippen molar-refractivity contribution in [1.29, 1.82) is 5.26 Å². The Morgan fingerprint density at radius 2 is 2.12 bits per heavy atom. The summed E-state index contributed by atoms with van der Waals surface area (Å²) in [5, 5.41) is 11.8. The molecule has 2 aliphatic rings. The van der Waals surface area contributed by atoms with E-state index in [-0.39, 0.29) is 12.1 Å². The molecule has 26 heavy (non-hydrogen) atoms. The third-order valence-electron chi connectivity index (χ3n) is 5.00. The third kappa shape index (κ3) is 4.64. The number of hydrogen-bond donors (Lipinski definition) is 1. The van der Waals surface area contributed by atoms with E-state index in [9.17, 15) is 9.18 Å². The molecule has 2 heterocycles. The quantitative estimate of drug-likeness (QED) is 0.896. The molecule has 2 amide bonds. The molecule has 1 aromatic carbocycles. The molecule has 0 aromatic heterocycles. The topological polar surface area (TPSA) is 68.6 Å². The van der Waals surface area contributed by atoms with Crippen molar-refractivity contribution in [2.45, 2.75) is 31.8 Å². The van der Waals surface area contributed by atoms with Gasteiger partial charge in [-0.1, -0.05) is 0 Å². The maximum atomic E-state index is 14.1. The Morgan fingerprint density at radius 1 is 1.31 bits per heavy atom. The molecule has 2 aliphatic heterocycles. The van der Waals surface area contributed by atoms with Gasteiger partial charge in [0.15, 0.2) is 0 Å². The van der Waals surface area contributed by atoms with Crippen molar-refractivity contribution in [3.8, 4) is 6.07 Å². The van der Waals surface area contributed by atoms with E-state index in [1.807, 2.05) is 11.0 Å². The van der Waals surface area contributed by atoms with Gasteiger partial charge in [-0.25, -0.2) is 9.18 Å². The Morgan fingerprint density at radius 3 is 2.77 bits per heavy atom. The van der Waals surface area contributed by atoms with Gasteiger partial charge in [0, 0.05) is 39.3 Å². The highest BCUT2D eigenvalue weighted by atomic mass is 19.1. The fourth-order valence-corrected chi connectivity index (χ4v) is 3.47. The molecule has 2 fully saturated rings. The van der Waals surface area contributed by atoms with Gasteiger partial charge >= 0.3 is 6.03 Å². The van der Waals surface area contributed by atoms with Crippen LogP contribution in [-0.4, -0.2) is 56.4 Å². The number of carbonyl (C=O) groups is 1. The molecule has 0 radical (unpaired) electrons. The largest absolute Gasteiger partial charge is 0.378 e. The minimum Gasteiger partial charge on any atom is -0.378 e. The summed E-state index contributed by atoms with van der Waals surface area (Å²) in [5.74, 6) is -0.394. The van der Waals surface area contributed by atoms with Gasteiger partial charge in [-0.2, -0.15) is 5.26 Å². The van der Waals surface area contributed by atoms with Crippen molar-refractivity contribution in [3.63, 3.8) is 0 Å². The summed E-state index contributed by atoms with van der Waals surface area (Å²) in [7, 11) is 0. The van der Waals surface area contributed by atoms with Crippen LogP contribution < -0.4 is 10.2 Å². The Kier molecular flexibility index (Phi) is 6.29. The molecule has 7 heteroatoms. The second kappa shape index (κ2) is 8.86. The van der Waals surface area contributed by atoms with Crippen LogP contribution in [0.4, 0.5) is 14.9 Å². The van der Waals surface area contributed by atoms with Crippen LogP contribution >= 0.6 is 0 Å². The van der Waals surface area contributed by atoms with E-state index >= 15 is 0 Å². The van der Waals surface area contributed by atoms with Gasteiger partial charge in [-0.05, 0) is 43.9 Å². The molecule has 0 bridgehead atoms. The van der Waals surface area contributed by atoms with Crippen LogP contribution in [0.3, 0.4) is 0 Å². The van der Waals surface area contributed by atoms with E-state index in [2.05, 4.69) is 5.32 Å². The standard InChI is InChI=1S/C19H25FN4O2/c20-17-13-15(14-21)4-5-18(17)23-8-10-24(11-9-23)19(25)22-7-6-16-3-1-2-12-26-16/h4-5,13,16H,1-3,6-12H2,(H,22,25). The van der Waals surface area contributed by atoms with Crippen LogP contribution in [0.25, 0.3) is 0 Å². The third-order valence-corrected chi connectivity index (χ3v) is 5.00. The number of nitrogens with zero attached hydrogens (tertiary/aromatic N) is 3. The highest BCUT2D eigenvalue weighted by molar-refractivity contribution is 5.74. The molecule has 1 aromatic rings. The number of piperazine rings is 1. The maximum Gasteiger partial charge on any atom is 0.317 e. The molecule has 6 nitrogen and oxygen atoms in total. The van der Waals surface area contributed by atoms with Crippen molar-refractivity contribution in [2.75, 3.05) is 44.2 Å². The van der Waals surface area contributed by atoms with Crippen molar-refractivity contribution in [1.82, 2.24) is 10.2 Å². The Bertz CT molecular complexity index is 662. The zero-order chi connectivity index (χ0) is 18.4. The summed E-state index contributed by atoms with van der Waals surface area (Å²) in [6.45, 7) is 3.68. The van der Waals surface area contributed by atoms with Crippen molar-refractivity contribution < 1.29 is 13.9 Å². The van der Waals surface area contributed by atoms with Crippen molar-refractivity contribution >= 4 is 11.7 Å². The van der Waals surface area contributed by atoms with E-state index in [1.165, 1.54) is 12.5 Å². The lowest BCUT2D eigenvalue weighted by Gasteiger charge is -2.36. The van der Waals surface area contributed by atoms with Gasteiger partial charge in [0.25, 0.3) is 0 Å². The van der Waals surface area contributed by atoms with Crippen LogP contribution in [0.5, 0.6) is 0 Å². The van der Waals surface area contributed by atoms with Gasteiger partial charge in [-0.15, -0.1) is 0 Å². The zero-order valence-corrected chi connectivity index (χ0v) is 14.9. The second-order valence-electron chi connectivity index (χ2n) is 6.76. The minimum absolute atomic E-state index is 0.0687. The number of nitrogens with one attached hydrogen (secondary N) is 1. The fourth-order valence-electron chi connectivity index (χ4n) is 3.47. The highest BCUT2D eigenvalue weighted by Gasteiger charge is 2.23. The van der Waals surface area contributed by atoms with E-state index in [0.717, 1.165) is 25.9 Å². The number of nitriles is 1. The zero-order valence-electron chi connectivity index (χ0n) is 14.9. The van der Waals surface area contributed by atoms with Crippen molar-refractivity contribution in [3.05, 3.63) is 29.6 Å². The summed E-state index contributed by atoms with van der Waals surface area (Å²) in [4.78, 5) is 16.0. The first-order valence-corrected chi connectivity index (χ1v) is 9.26. The number of benzene rings is 1. The first kappa shape index (κ1) is 18.5. The molecule has 1 unspecified atom stereocenters. The van der Waals surface area contributed by atoms with Gasteiger partial charge in [0.2, 0.25) is 0 Å². The second-order valence-corrected chi connectivity index (χ2v) is 6.76. The molecule has 1 atom stereocenters. The van der Waals surface area contributed by atoms with Gasteiger partial charge in [0.05, 0.1) is 23.4 Å². The SMILES string of the molecule is N#Cc1ccc(N2CCN(C(=O)NCCC3CCCCO3)CC2)c(F)c1. The molecule has 0 spiro atoms. The van der Waals surface area contributed by atoms with E-state index in [0.29, 0.717) is 44.0 Å². The summed E-state index contributed by atoms with van der Waals surface area (Å²) < 4.78 is 19.8. The molecule has 2 saturated heterocycles. The van der Waals surface area contributed by atoms with E-state index in [1.54, 1.807) is 17.0 Å². The highest BCUT2D eigenvalue weighted by Crippen LogP contribution is 2.22. The lowest BCUT2D eigenvalue weighted by atomic mass is 10.1. The fraction of sp³-hybridized carbons (Fsp3) is 0.579. The summed E-state index contributed by atoms with van der Waals surface area (Å²) in [6, 6.07) is 6.37. The predicted molar refractivity (Wildman–Crippen MR) is 96.5 cm³/mol. The number of amides is 2. The Balaban J connectivity index is 1.43. The smallest absolute Gasteiger partial charge is 0.317 e. The predicted octanol–water partition coefficient (Wildman–Crippen LogP) is 2.49. The first-order chi connectivity index (χ1) is 12.7.